The first kappa shape index (κ1) is 11.1. The molecule has 3 nitrogen and oxygen atoms in total. The molecule has 1 aliphatic heterocycles. The van der Waals surface area contributed by atoms with Crippen molar-refractivity contribution in [3.63, 3.8) is 0 Å². The van der Waals surface area contributed by atoms with Crippen molar-refractivity contribution < 1.29 is 14.3 Å². The van der Waals surface area contributed by atoms with Gasteiger partial charge in [0.2, 0.25) is 0 Å². The van der Waals surface area contributed by atoms with Crippen molar-refractivity contribution in [2.45, 2.75) is 51.7 Å². The van der Waals surface area contributed by atoms with Crippen LogP contribution in [0.5, 0.6) is 0 Å². The Balaban J connectivity index is 2.05. The van der Waals surface area contributed by atoms with Gasteiger partial charge in [-0.3, -0.25) is 4.79 Å². The second-order valence-electron chi connectivity index (χ2n) is 5.61. The highest BCUT2D eigenvalue weighted by atomic mass is 16.5. The van der Waals surface area contributed by atoms with Crippen LogP contribution < -0.4 is 0 Å². The predicted molar refractivity (Wildman–Crippen MR) is 56.7 cm³/mol. The van der Waals surface area contributed by atoms with Crippen molar-refractivity contribution in [1.82, 2.24) is 0 Å². The van der Waals surface area contributed by atoms with Gasteiger partial charge in [-0.25, -0.2) is 0 Å². The molecule has 0 aromatic carbocycles. The van der Waals surface area contributed by atoms with Crippen LogP contribution in [0, 0.1) is 5.41 Å². The lowest BCUT2D eigenvalue weighted by atomic mass is 9.60. The van der Waals surface area contributed by atoms with Crippen molar-refractivity contribution in [2.24, 2.45) is 5.41 Å². The molecule has 15 heavy (non-hydrogen) atoms. The second-order valence-corrected chi connectivity index (χ2v) is 5.61. The predicted octanol–water partition coefficient (Wildman–Crippen LogP) is 1.94. The maximum atomic E-state index is 11.8. The molecule has 1 spiro atoms. The van der Waals surface area contributed by atoms with E-state index in [1.165, 1.54) is 0 Å². The van der Waals surface area contributed by atoms with Gasteiger partial charge in [0.25, 0.3) is 0 Å². The van der Waals surface area contributed by atoms with Crippen LogP contribution in [0.25, 0.3) is 0 Å². The minimum absolute atomic E-state index is 0.119. The molecule has 2 rings (SSSR count). The van der Waals surface area contributed by atoms with E-state index in [1.54, 1.807) is 0 Å². The molecule has 0 N–H and O–H groups in total. The van der Waals surface area contributed by atoms with E-state index in [4.69, 9.17) is 9.47 Å². The normalized spacial score (nSPS) is 30.3. The molecule has 1 saturated heterocycles. The van der Waals surface area contributed by atoms with E-state index >= 15 is 0 Å². The van der Waals surface area contributed by atoms with E-state index in [2.05, 4.69) is 0 Å². The van der Waals surface area contributed by atoms with Crippen LogP contribution in [-0.4, -0.2) is 30.7 Å². The van der Waals surface area contributed by atoms with Crippen LogP contribution >= 0.6 is 0 Å². The third kappa shape index (κ3) is 1.95. The molecular formula is C12H20O3. The molecule has 1 unspecified atom stereocenters. The maximum absolute atomic E-state index is 11.8. The van der Waals surface area contributed by atoms with E-state index in [9.17, 15) is 4.79 Å². The summed E-state index contributed by atoms with van der Waals surface area (Å²) in [5.41, 5.74) is -0.359. The van der Waals surface area contributed by atoms with Gasteiger partial charge in [0.15, 0.2) is 0 Å². The van der Waals surface area contributed by atoms with Gasteiger partial charge in [-0.15, -0.1) is 0 Å². The first-order valence-corrected chi connectivity index (χ1v) is 5.73. The highest BCUT2D eigenvalue weighted by Gasteiger charge is 2.56. The molecule has 0 radical (unpaired) electrons. The third-order valence-electron chi connectivity index (χ3n) is 3.42. The molecule has 0 bridgehead atoms. The Kier molecular flexibility index (Phi) is 2.63. The van der Waals surface area contributed by atoms with E-state index in [1.807, 2.05) is 20.8 Å². The Labute approximate surface area is 91.1 Å². The average Bonchev–Trinajstić information content (AvgIpc) is 2.17. The number of hydrogen-bond donors (Lipinski definition) is 0. The summed E-state index contributed by atoms with van der Waals surface area (Å²) in [6, 6.07) is 0. The van der Waals surface area contributed by atoms with Crippen LogP contribution in [0.3, 0.4) is 0 Å². The summed E-state index contributed by atoms with van der Waals surface area (Å²) >= 11 is 0. The van der Waals surface area contributed by atoms with Gasteiger partial charge in [-0.05, 0) is 33.6 Å². The summed E-state index contributed by atoms with van der Waals surface area (Å²) in [5, 5.41) is 0. The van der Waals surface area contributed by atoms with Gasteiger partial charge in [-0.2, -0.15) is 0 Å². The van der Waals surface area contributed by atoms with Crippen LogP contribution in [0.2, 0.25) is 0 Å². The van der Waals surface area contributed by atoms with Crippen molar-refractivity contribution in [3.8, 4) is 0 Å². The van der Waals surface area contributed by atoms with Crippen molar-refractivity contribution in [1.29, 1.82) is 0 Å². The summed E-state index contributed by atoms with van der Waals surface area (Å²) in [4.78, 5) is 11.8. The Hall–Kier alpha value is -0.410. The van der Waals surface area contributed by atoms with E-state index in [0.29, 0.717) is 25.4 Å². The minimum Gasteiger partial charge on any atom is -0.381 e. The van der Waals surface area contributed by atoms with Gasteiger partial charge >= 0.3 is 0 Å². The number of Topliss-reactive ketones (excluding diaryl/α,β-unsaturated/α-hetero) is 1. The Morgan fingerprint density at radius 1 is 1.33 bits per heavy atom. The Morgan fingerprint density at radius 2 is 1.93 bits per heavy atom. The van der Waals surface area contributed by atoms with Crippen molar-refractivity contribution in [3.05, 3.63) is 0 Å². The maximum Gasteiger partial charge on any atom is 0.144 e. The quantitative estimate of drug-likeness (QED) is 0.666. The summed E-state index contributed by atoms with van der Waals surface area (Å²) in [7, 11) is 0. The number of rotatable bonds is 1. The monoisotopic (exact) mass is 212 g/mol. The SMILES string of the molecule is CC(C)(C)OC1CC(=O)C12CCOCC2. The molecule has 1 atom stereocenters. The van der Waals surface area contributed by atoms with Gasteiger partial charge in [0, 0.05) is 19.6 Å². The highest BCUT2D eigenvalue weighted by Crippen LogP contribution is 2.48. The zero-order valence-electron chi connectivity index (χ0n) is 9.84. The Bertz CT molecular complexity index is 259. The largest absolute Gasteiger partial charge is 0.381 e. The lowest BCUT2D eigenvalue weighted by Crippen LogP contribution is -2.59. The molecule has 1 saturated carbocycles. The molecular weight excluding hydrogens is 192 g/mol. The lowest BCUT2D eigenvalue weighted by Gasteiger charge is -2.51. The standard InChI is InChI=1S/C12H20O3/c1-11(2,3)15-10-8-9(13)12(10)4-6-14-7-5-12/h10H,4-8H2,1-3H3. The molecule has 2 aliphatic rings. The number of ketones is 1. The van der Waals surface area contributed by atoms with Gasteiger partial charge in [-0.1, -0.05) is 0 Å². The molecule has 0 aromatic rings. The van der Waals surface area contributed by atoms with E-state index in [-0.39, 0.29) is 17.1 Å². The van der Waals surface area contributed by atoms with E-state index in [0.717, 1.165) is 12.8 Å². The first-order valence-electron chi connectivity index (χ1n) is 5.73. The van der Waals surface area contributed by atoms with Crippen LogP contribution in [0.15, 0.2) is 0 Å². The molecule has 3 heteroatoms. The number of hydrogen-bond acceptors (Lipinski definition) is 3. The average molecular weight is 212 g/mol. The van der Waals surface area contributed by atoms with Crippen LogP contribution in [-0.2, 0) is 14.3 Å². The molecule has 86 valence electrons. The number of carbonyl (C=O) groups is 1. The molecule has 2 fully saturated rings. The molecule has 0 aromatic heterocycles. The Morgan fingerprint density at radius 3 is 2.40 bits per heavy atom. The highest BCUT2D eigenvalue weighted by molar-refractivity contribution is 5.92. The van der Waals surface area contributed by atoms with Gasteiger partial charge < -0.3 is 9.47 Å². The third-order valence-corrected chi connectivity index (χ3v) is 3.42. The molecule has 0 amide bonds. The lowest BCUT2D eigenvalue weighted by molar-refractivity contribution is -0.196. The van der Waals surface area contributed by atoms with Gasteiger partial charge in [0.1, 0.15) is 5.78 Å². The molecule has 1 aliphatic carbocycles. The van der Waals surface area contributed by atoms with Crippen molar-refractivity contribution in [2.75, 3.05) is 13.2 Å². The summed E-state index contributed by atoms with van der Waals surface area (Å²) < 4.78 is 11.3. The second kappa shape index (κ2) is 3.56. The van der Waals surface area contributed by atoms with E-state index < -0.39 is 0 Å². The number of ether oxygens (including phenoxy) is 2. The minimum atomic E-state index is -0.203. The molecule has 1 heterocycles. The fraction of sp³-hybridized carbons (Fsp3) is 0.917. The smallest absolute Gasteiger partial charge is 0.144 e. The summed E-state index contributed by atoms with van der Waals surface area (Å²) in [6.45, 7) is 7.54. The summed E-state index contributed by atoms with van der Waals surface area (Å²) in [5.74, 6) is 0.375. The number of carbonyl (C=O) groups excluding carboxylic acids is 1. The zero-order chi connectivity index (χ0) is 11.1. The van der Waals surface area contributed by atoms with Gasteiger partial charge in [0.05, 0.1) is 17.1 Å². The van der Waals surface area contributed by atoms with Crippen LogP contribution in [0.1, 0.15) is 40.0 Å². The summed E-state index contributed by atoms with van der Waals surface area (Å²) in [6.07, 6.45) is 2.39. The fourth-order valence-electron chi connectivity index (χ4n) is 2.53. The van der Waals surface area contributed by atoms with Crippen molar-refractivity contribution >= 4 is 5.78 Å². The topological polar surface area (TPSA) is 35.5 Å². The first-order chi connectivity index (χ1) is 6.94. The van der Waals surface area contributed by atoms with Crippen LogP contribution in [0.4, 0.5) is 0 Å². The fourth-order valence-corrected chi connectivity index (χ4v) is 2.53. The zero-order valence-corrected chi connectivity index (χ0v) is 9.84.